The smallest absolute Gasteiger partial charge is 0.176 e. The molecule has 0 aromatic heterocycles. The number of ether oxygens (including phenoxy) is 1. The molecule has 3 heteroatoms. The van der Waals surface area contributed by atoms with E-state index in [9.17, 15) is 4.79 Å². The molecule has 0 saturated carbocycles. The van der Waals surface area contributed by atoms with E-state index in [1.807, 2.05) is 39.0 Å². The number of carbonyl (C=O) groups excluding carboxylic acids is 1. The minimum Gasteiger partial charge on any atom is -0.491 e. The van der Waals surface area contributed by atoms with Crippen molar-refractivity contribution in [1.29, 1.82) is 0 Å². The minimum absolute atomic E-state index is 0.153. The molecule has 1 saturated heterocycles. The van der Waals surface area contributed by atoms with Crippen LogP contribution >= 0.6 is 0 Å². The molecule has 0 N–H and O–H groups in total. The van der Waals surface area contributed by atoms with Gasteiger partial charge in [0, 0.05) is 5.56 Å². The highest BCUT2D eigenvalue weighted by molar-refractivity contribution is 5.98. The Labute approximate surface area is 128 Å². The van der Waals surface area contributed by atoms with Crippen molar-refractivity contribution in [2.24, 2.45) is 5.92 Å². The monoisotopic (exact) mass is 289 g/mol. The van der Waals surface area contributed by atoms with Gasteiger partial charge >= 0.3 is 0 Å². The van der Waals surface area contributed by atoms with Crippen molar-refractivity contribution in [3.05, 3.63) is 29.3 Å². The Bertz CT molecular complexity index is 488. The number of likely N-dealkylation sites (tertiary alicyclic amines) is 1. The van der Waals surface area contributed by atoms with E-state index < -0.39 is 0 Å². The number of hydrogen-bond donors (Lipinski definition) is 0. The maximum absolute atomic E-state index is 12.4. The molecule has 1 aliphatic rings. The number of rotatable bonds is 5. The summed E-state index contributed by atoms with van der Waals surface area (Å²) in [5, 5.41) is 0. The number of ketones is 1. The third kappa shape index (κ3) is 4.57. The predicted octanol–water partition coefficient (Wildman–Crippen LogP) is 3.70. The van der Waals surface area contributed by atoms with Crippen molar-refractivity contribution in [2.45, 2.75) is 46.6 Å². The highest BCUT2D eigenvalue weighted by Crippen LogP contribution is 2.21. The summed E-state index contributed by atoms with van der Waals surface area (Å²) in [6.07, 6.45) is 2.56. The van der Waals surface area contributed by atoms with Gasteiger partial charge in [-0.3, -0.25) is 9.69 Å². The second-order valence-electron chi connectivity index (χ2n) is 6.53. The molecule has 3 nitrogen and oxygen atoms in total. The summed E-state index contributed by atoms with van der Waals surface area (Å²) in [4.78, 5) is 14.7. The van der Waals surface area contributed by atoms with Crippen molar-refractivity contribution < 1.29 is 9.53 Å². The molecule has 1 aliphatic heterocycles. The molecule has 21 heavy (non-hydrogen) atoms. The predicted molar refractivity (Wildman–Crippen MR) is 86.1 cm³/mol. The number of Topliss-reactive ketones (excluding diaryl/α,β-unsaturated/α-hetero) is 1. The summed E-state index contributed by atoms with van der Waals surface area (Å²) in [6.45, 7) is 10.9. The van der Waals surface area contributed by atoms with E-state index in [0.29, 0.717) is 6.54 Å². The Morgan fingerprint density at radius 1 is 1.33 bits per heavy atom. The number of hydrogen-bond acceptors (Lipinski definition) is 3. The van der Waals surface area contributed by atoms with Crippen LogP contribution in [-0.4, -0.2) is 36.4 Å². The molecular weight excluding hydrogens is 262 g/mol. The molecular formula is C18H27NO2. The second kappa shape index (κ2) is 7.08. The number of aryl methyl sites for hydroxylation is 1. The molecule has 0 spiro atoms. The Balaban J connectivity index is 1.98. The van der Waals surface area contributed by atoms with Crippen LogP contribution in [0.1, 0.15) is 49.5 Å². The maximum atomic E-state index is 12.4. The van der Waals surface area contributed by atoms with Gasteiger partial charge in [0.2, 0.25) is 0 Å². The van der Waals surface area contributed by atoms with Gasteiger partial charge in [-0.25, -0.2) is 0 Å². The molecule has 0 aliphatic carbocycles. The maximum Gasteiger partial charge on any atom is 0.176 e. The standard InChI is InChI=1S/C18H27NO2/c1-13(2)21-18-6-5-16(11-15(18)4)17(20)12-19-9-7-14(3)8-10-19/h5-6,11,13-14H,7-10,12H2,1-4H3. The van der Waals surface area contributed by atoms with Gasteiger partial charge in [0.15, 0.2) is 5.78 Å². The molecule has 1 aromatic carbocycles. The fourth-order valence-electron chi connectivity index (χ4n) is 2.72. The zero-order chi connectivity index (χ0) is 15.4. The van der Waals surface area contributed by atoms with Crippen molar-refractivity contribution >= 4 is 5.78 Å². The number of piperidine rings is 1. The van der Waals surface area contributed by atoms with Crippen LogP contribution in [0.15, 0.2) is 18.2 Å². The Morgan fingerprint density at radius 2 is 2.00 bits per heavy atom. The lowest BCUT2D eigenvalue weighted by Crippen LogP contribution is -2.36. The van der Waals surface area contributed by atoms with Gasteiger partial charge in [0.1, 0.15) is 5.75 Å². The third-order valence-electron chi connectivity index (χ3n) is 4.10. The van der Waals surface area contributed by atoms with Gasteiger partial charge in [-0.15, -0.1) is 0 Å². The minimum atomic E-state index is 0.153. The first-order valence-corrected chi connectivity index (χ1v) is 7.98. The molecule has 0 unspecified atom stereocenters. The van der Waals surface area contributed by atoms with E-state index in [0.717, 1.165) is 35.9 Å². The molecule has 2 rings (SSSR count). The topological polar surface area (TPSA) is 29.5 Å². The van der Waals surface area contributed by atoms with Crippen LogP contribution in [0.4, 0.5) is 0 Å². The first kappa shape index (κ1) is 16.0. The Kier molecular flexibility index (Phi) is 5.40. The fourth-order valence-corrected chi connectivity index (χ4v) is 2.72. The highest BCUT2D eigenvalue weighted by atomic mass is 16.5. The summed E-state index contributed by atoms with van der Waals surface area (Å²) in [7, 11) is 0. The average molecular weight is 289 g/mol. The van der Waals surface area contributed by atoms with Gasteiger partial charge in [-0.05, 0) is 76.4 Å². The van der Waals surface area contributed by atoms with Crippen LogP contribution in [0, 0.1) is 12.8 Å². The molecule has 116 valence electrons. The molecule has 1 aromatic rings. The van der Waals surface area contributed by atoms with Crippen molar-refractivity contribution in [1.82, 2.24) is 4.90 Å². The summed E-state index contributed by atoms with van der Waals surface area (Å²) >= 11 is 0. The van der Waals surface area contributed by atoms with Crippen LogP contribution in [0.5, 0.6) is 5.75 Å². The zero-order valence-electron chi connectivity index (χ0n) is 13.7. The molecule has 0 amide bonds. The average Bonchev–Trinajstić information content (AvgIpc) is 2.43. The SMILES string of the molecule is Cc1cc(C(=O)CN2CCC(C)CC2)ccc1OC(C)C. The van der Waals surface area contributed by atoms with Gasteiger partial charge in [0.25, 0.3) is 0 Å². The first-order valence-electron chi connectivity index (χ1n) is 7.98. The second-order valence-corrected chi connectivity index (χ2v) is 6.53. The molecule has 0 radical (unpaired) electrons. The molecule has 1 heterocycles. The largest absolute Gasteiger partial charge is 0.491 e. The third-order valence-corrected chi connectivity index (χ3v) is 4.10. The first-order chi connectivity index (χ1) is 9.95. The lowest BCUT2D eigenvalue weighted by atomic mass is 9.98. The normalized spacial score (nSPS) is 17.2. The summed E-state index contributed by atoms with van der Waals surface area (Å²) in [6, 6.07) is 5.76. The van der Waals surface area contributed by atoms with E-state index in [1.54, 1.807) is 0 Å². The van der Waals surface area contributed by atoms with Gasteiger partial charge in [0.05, 0.1) is 12.6 Å². The van der Waals surface area contributed by atoms with E-state index in [1.165, 1.54) is 12.8 Å². The Hall–Kier alpha value is -1.35. The molecule has 0 bridgehead atoms. The van der Waals surface area contributed by atoms with Crippen LogP contribution in [0.25, 0.3) is 0 Å². The lowest BCUT2D eigenvalue weighted by molar-refractivity contribution is 0.0899. The van der Waals surface area contributed by atoms with Crippen LogP contribution in [0.3, 0.4) is 0 Å². The summed E-state index contributed by atoms with van der Waals surface area (Å²) < 4.78 is 5.72. The van der Waals surface area contributed by atoms with Crippen LogP contribution < -0.4 is 4.74 Å². The molecule has 0 atom stereocenters. The van der Waals surface area contributed by atoms with Gasteiger partial charge in [-0.1, -0.05) is 6.92 Å². The van der Waals surface area contributed by atoms with Gasteiger partial charge < -0.3 is 4.74 Å². The van der Waals surface area contributed by atoms with E-state index in [-0.39, 0.29) is 11.9 Å². The number of carbonyl (C=O) groups is 1. The van der Waals surface area contributed by atoms with E-state index in [4.69, 9.17) is 4.74 Å². The summed E-state index contributed by atoms with van der Waals surface area (Å²) in [5.41, 5.74) is 1.82. The van der Waals surface area contributed by atoms with Gasteiger partial charge in [-0.2, -0.15) is 0 Å². The number of nitrogens with zero attached hydrogens (tertiary/aromatic N) is 1. The van der Waals surface area contributed by atoms with E-state index >= 15 is 0 Å². The van der Waals surface area contributed by atoms with Crippen molar-refractivity contribution in [3.63, 3.8) is 0 Å². The zero-order valence-corrected chi connectivity index (χ0v) is 13.7. The summed E-state index contributed by atoms with van der Waals surface area (Å²) in [5.74, 6) is 1.88. The number of benzene rings is 1. The Morgan fingerprint density at radius 3 is 2.57 bits per heavy atom. The van der Waals surface area contributed by atoms with Crippen molar-refractivity contribution in [3.8, 4) is 5.75 Å². The lowest BCUT2D eigenvalue weighted by Gasteiger charge is -2.29. The highest BCUT2D eigenvalue weighted by Gasteiger charge is 2.19. The quantitative estimate of drug-likeness (QED) is 0.774. The fraction of sp³-hybridized carbons (Fsp3) is 0.611. The van der Waals surface area contributed by atoms with Crippen LogP contribution in [0.2, 0.25) is 0 Å². The van der Waals surface area contributed by atoms with E-state index in [2.05, 4.69) is 11.8 Å². The van der Waals surface area contributed by atoms with Crippen molar-refractivity contribution in [2.75, 3.05) is 19.6 Å². The van der Waals surface area contributed by atoms with Crippen LogP contribution in [-0.2, 0) is 0 Å². The molecule has 1 fully saturated rings.